The first-order valence-corrected chi connectivity index (χ1v) is 6.49. The van der Waals surface area contributed by atoms with E-state index in [2.05, 4.69) is 5.32 Å². The summed E-state index contributed by atoms with van der Waals surface area (Å²) in [4.78, 5) is 21.8. The van der Waals surface area contributed by atoms with Crippen LogP contribution in [0.1, 0.15) is 11.1 Å². The van der Waals surface area contributed by atoms with E-state index >= 15 is 0 Å². The second-order valence-electron chi connectivity index (χ2n) is 3.92. The highest BCUT2D eigenvalue weighted by molar-refractivity contribution is 7.14. The molecule has 0 aliphatic rings. The van der Waals surface area contributed by atoms with E-state index in [1.54, 1.807) is 11.4 Å². The molecule has 0 unspecified atom stereocenters. The number of carbonyl (C=O) groups is 1. The molecule has 0 atom stereocenters. The van der Waals surface area contributed by atoms with Gasteiger partial charge in [0, 0.05) is 12.1 Å². The Morgan fingerprint density at radius 3 is 2.65 bits per heavy atom. The minimum Gasteiger partial charge on any atom is -0.316 e. The van der Waals surface area contributed by atoms with Crippen LogP contribution in [0.2, 0.25) is 0 Å². The van der Waals surface area contributed by atoms with Crippen molar-refractivity contribution in [3.8, 4) is 6.07 Å². The van der Waals surface area contributed by atoms with Crippen molar-refractivity contribution in [3.05, 3.63) is 57.0 Å². The second-order valence-corrected chi connectivity index (χ2v) is 4.84. The van der Waals surface area contributed by atoms with Gasteiger partial charge in [0.2, 0.25) is 5.91 Å². The van der Waals surface area contributed by atoms with E-state index in [0.29, 0.717) is 16.1 Å². The van der Waals surface area contributed by atoms with Crippen molar-refractivity contribution in [1.29, 1.82) is 5.26 Å². The number of anilines is 1. The fraction of sp³-hybridized carbons (Fsp3) is 0.0769. The molecule has 2 aromatic rings. The van der Waals surface area contributed by atoms with Crippen molar-refractivity contribution in [2.45, 2.75) is 6.42 Å². The van der Waals surface area contributed by atoms with Gasteiger partial charge in [-0.15, -0.1) is 11.3 Å². The van der Waals surface area contributed by atoms with E-state index in [0.717, 1.165) is 0 Å². The Morgan fingerprint density at radius 2 is 2.05 bits per heavy atom. The quantitative estimate of drug-likeness (QED) is 0.690. The molecular weight excluding hydrogens is 278 g/mol. The van der Waals surface area contributed by atoms with Crippen molar-refractivity contribution in [1.82, 2.24) is 0 Å². The highest BCUT2D eigenvalue weighted by Crippen LogP contribution is 2.22. The van der Waals surface area contributed by atoms with Crippen LogP contribution in [0.4, 0.5) is 10.7 Å². The number of nitrogens with zero attached hydrogens (tertiary/aromatic N) is 2. The zero-order valence-electron chi connectivity index (χ0n) is 10.2. The van der Waals surface area contributed by atoms with Gasteiger partial charge in [0.1, 0.15) is 11.1 Å². The molecule has 2 rings (SSSR count). The monoisotopic (exact) mass is 287 g/mol. The zero-order valence-corrected chi connectivity index (χ0v) is 11.0. The number of nitriles is 1. The Bertz CT molecular complexity index is 686. The summed E-state index contributed by atoms with van der Waals surface area (Å²) in [6.07, 6.45) is 0.0980. The van der Waals surface area contributed by atoms with Crippen molar-refractivity contribution >= 4 is 27.9 Å². The molecule has 1 aromatic carbocycles. The lowest BCUT2D eigenvalue weighted by Gasteiger charge is -2.03. The molecule has 1 heterocycles. The van der Waals surface area contributed by atoms with Crippen molar-refractivity contribution in [3.63, 3.8) is 0 Å². The number of hydrogen-bond acceptors (Lipinski definition) is 5. The number of rotatable bonds is 4. The number of thiophene rings is 1. The number of amides is 1. The average Bonchev–Trinajstić information content (AvgIpc) is 2.86. The maximum absolute atomic E-state index is 11.8. The van der Waals surface area contributed by atoms with Gasteiger partial charge in [-0.25, -0.2) is 0 Å². The Kier molecular flexibility index (Phi) is 4.08. The molecule has 7 heteroatoms. The Balaban J connectivity index is 2.01. The average molecular weight is 287 g/mol. The number of non-ortho nitro benzene ring substituents is 1. The van der Waals surface area contributed by atoms with Gasteiger partial charge in [-0.2, -0.15) is 5.26 Å². The van der Waals surface area contributed by atoms with Crippen LogP contribution in [0.3, 0.4) is 0 Å². The van der Waals surface area contributed by atoms with Gasteiger partial charge in [0.25, 0.3) is 5.69 Å². The van der Waals surface area contributed by atoms with Crippen LogP contribution in [-0.4, -0.2) is 10.8 Å². The summed E-state index contributed by atoms with van der Waals surface area (Å²) in [5.41, 5.74) is 1.08. The molecule has 0 aliphatic carbocycles. The Morgan fingerprint density at radius 1 is 1.35 bits per heavy atom. The third kappa shape index (κ3) is 3.18. The van der Waals surface area contributed by atoms with Crippen LogP contribution >= 0.6 is 11.3 Å². The number of hydrogen-bond donors (Lipinski definition) is 1. The predicted molar refractivity (Wildman–Crippen MR) is 74.5 cm³/mol. The lowest BCUT2D eigenvalue weighted by atomic mass is 10.1. The molecule has 100 valence electrons. The Labute approximate surface area is 118 Å². The molecule has 1 amide bonds. The molecule has 20 heavy (non-hydrogen) atoms. The molecule has 0 fully saturated rings. The maximum atomic E-state index is 11.8. The third-order valence-electron chi connectivity index (χ3n) is 2.55. The zero-order chi connectivity index (χ0) is 14.5. The summed E-state index contributed by atoms with van der Waals surface area (Å²) in [5.74, 6) is -0.266. The summed E-state index contributed by atoms with van der Waals surface area (Å²) in [7, 11) is 0. The molecule has 0 spiro atoms. The maximum Gasteiger partial charge on any atom is 0.269 e. The molecule has 0 saturated heterocycles. The van der Waals surface area contributed by atoms with E-state index in [4.69, 9.17) is 5.26 Å². The van der Waals surface area contributed by atoms with Crippen LogP contribution in [0.15, 0.2) is 35.7 Å². The number of nitro benzene ring substituents is 1. The molecule has 0 aliphatic heterocycles. The van der Waals surface area contributed by atoms with E-state index in [1.165, 1.54) is 35.6 Å². The second kappa shape index (κ2) is 5.95. The van der Waals surface area contributed by atoms with Gasteiger partial charge in [0.05, 0.1) is 16.9 Å². The summed E-state index contributed by atoms with van der Waals surface area (Å²) in [6, 6.07) is 9.41. The van der Waals surface area contributed by atoms with Gasteiger partial charge in [-0.3, -0.25) is 14.9 Å². The molecular formula is C13H9N3O3S. The largest absolute Gasteiger partial charge is 0.316 e. The lowest BCUT2D eigenvalue weighted by molar-refractivity contribution is -0.384. The van der Waals surface area contributed by atoms with Crippen molar-refractivity contribution in [2.75, 3.05) is 5.32 Å². The number of carbonyl (C=O) groups excluding carboxylic acids is 1. The van der Waals surface area contributed by atoms with Crippen LogP contribution < -0.4 is 5.32 Å². The molecule has 1 N–H and O–H groups in total. The minimum absolute atomic E-state index is 0.0146. The van der Waals surface area contributed by atoms with Gasteiger partial charge < -0.3 is 5.32 Å². The van der Waals surface area contributed by atoms with Gasteiger partial charge in [0.15, 0.2) is 0 Å². The van der Waals surface area contributed by atoms with E-state index in [-0.39, 0.29) is 18.0 Å². The molecule has 0 bridgehead atoms. The number of benzene rings is 1. The van der Waals surface area contributed by atoms with Gasteiger partial charge >= 0.3 is 0 Å². The van der Waals surface area contributed by atoms with E-state index < -0.39 is 4.92 Å². The lowest BCUT2D eigenvalue weighted by Crippen LogP contribution is -2.14. The highest BCUT2D eigenvalue weighted by Gasteiger charge is 2.10. The van der Waals surface area contributed by atoms with E-state index in [1.807, 2.05) is 6.07 Å². The predicted octanol–water partition coefficient (Wildman–Crippen LogP) is 2.71. The van der Waals surface area contributed by atoms with Gasteiger partial charge in [-0.05, 0) is 17.0 Å². The van der Waals surface area contributed by atoms with Crippen LogP contribution in [0, 0.1) is 21.4 Å². The normalized spacial score (nSPS) is 9.75. The molecule has 1 aromatic heterocycles. The minimum atomic E-state index is -0.491. The van der Waals surface area contributed by atoms with Crippen LogP contribution in [0.5, 0.6) is 0 Å². The van der Waals surface area contributed by atoms with Crippen LogP contribution in [-0.2, 0) is 11.2 Å². The van der Waals surface area contributed by atoms with Crippen molar-refractivity contribution < 1.29 is 9.72 Å². The summed E-state index contributed by atoms with van der Waals surface area (Å²) in [6.45, 7) is 0. The molecule has 0 saturated carbocycles. The highest BCUT2D eigenvalue weighted by atomic mass is 32.1. The topological polar surface area (TPSA) is 96.0 Å². The number of nitrogens with one attached hydrogen (secondary N) is 1. The Hall–Kier alpha value is -2.72. The first-order valence-electron chi connectivity index (χ1n) is 5.61. The van der Waals surface area contributed by atoms with Crippen LogP contribution in [0.25, 0.3) is 0 Å². The molecule has 0 radical (unpaired) electrons. The fourth-order valence-electron chi connectivity index (χ4n) is 1.59. The van der Waals surface area contributed by atoms with E-state index in [9.17, 15) is 14.9 Å². The van der Waals surface area contributed by atoms with Gasteiger partial charge in [-0.1, -0.05) is 12.1 Å². The third-order valence-corrected chi connectivity index (χ3v) is 3.38. The SMILES string of the molecule is N#Cc1ccsc1NC(=O)Cc1ccc([N+](=O)[O-])cc1. The standard InChI is InChI=1S/C13H9N3O3S/c14-8-10-5-6-20-13(10)15-12(17)7-9-1-3-11(4-2-9)16(18)19/h1-6H,7H2,(H,15,17). The first-order chi connectivity index (χ1) is 9.60. The smallest absolute Gasteiger partial charge is 0.269 e. The summed E-state index contributed by atoms with van der Waals surface area (Å²) >= 11 is 1.28. The fourth-order valence-corrected chi connectivity index (χ4v) is 2.34. The first kappa shape index (κ1) is 13.7. The van der Waals surface area contributed by atoms with Crippen molar-refractivity contribution in [2.24, 2.45) is 0 Å². The number of nitro groups is 1. The molecule has 6 nitrogen and oxygen atoms in total. The summed E-state index contributed by atoms with van der Waals surface area (Å²) < 4.78 is 0. The summed E-state index contributed by atoms with van der Waals surface area (Å²) in [5, 5.41) is 24.2.